The Kier molecular flexibility index (Phi) is 4.57. The highest BCUT2D eigenvalue weighted by Crippen LogP contribution is 2.25. The molecule has 1 aromatic carbocycles. The van der Waals surface area contributed by atoms with Crippen molar-refractivity contribution in [3.8, 4) is 0 Å². The molecule has 0 aliphatic heterocycles. The van der Waals surface area contributed by atoms with E-state index in [0.29, 0.717) is 12.9 Å². The Morgan fingerprint density at radius 3 is 2.35 bits per heavy atom. The lowest BCUT2D eigenvalue weighted by molar-refractivity contribution is 0.112. The fraction of sp³-hybridized carbons (Fsp3) is 0.417. The SMILES string of the molecule is COCC(C)N(C)c1c(F)cc(C=O)cc1F. The summed E-state index contributed by atoms with van der Waals surface area (Å²) in [7, 11) is 3.10. The lowest BCUT2D eigenvalue weighted by Crippen LogP contribution is -2.34. The Morgan fingerprint density at radius 2 is 1.94 bits per heavy atom. The second-order valence-electron chi connectivity index (χ2n) is 3.87. The van der Waals surface area contributed by atoms with Crippen molar-refractivity contribution in [1.29, 1.82) is 0 Å². The molecule has 0 N–H and O–H groups in total. The molecular weight excluding hydrogens is 228 g/mol. The van der Waals surface area contributed by atoms with Gasteiger partial charge in [-0.15, -0.1) is 0 Å². The molecule has 3 nitrogen and oxygen atoms in total. The van der Waals surface area contributed by atoms with Crippen LogP contribution in [0, 0.1) is 11.6 Å². The van der Waals surface area contributed by atoms with E-state index in [1.54, 1.807) is 14.0 Å². The quantitative estimate of drug-likeness (QED) is 0.743. The maximum absolute atomic E-state index is 13.7. The van der Waals surface area contributed by atoms with Crippen LogP contribution in [-0.4, -0.2) is 33.1 Å². The zero-order valence-electron chi connectivity index (χ0n) is 10.0. The van der Waals surface area contributed by atoms with Gasteiger partial charge in [-0.05, 0) is 19.1 Å². The molecule has 0 amide bonds. The first-order chi connectivity index (χ1) is 8.01. The molecule has 0 saturated heterocycles. The van der Waals surface area contributed by atoms with E-state index in [0.717, 1.165) is 12.1 Å². The van der Waals surface area contributed by atoms with Gasteiger partial charge in [0.15, 0.2) is 0 Å². The number of anilines is 1. The highest BCUT2D eigenvalue weighted by atomic mass is 19.1. The van der Waals surface area contributed by atoms with Crippen LogP contribution in [0.1, 0.15) is 17.3 Å². The molecule has 0 saturated carbocycles. The minimum atomic E-state index is -0.752. The van der Waals surface area contributed by atoms with Crippen molar-refractivity contribution < 1.29 is 18.3 Å². The Bertz CT molecular complexity index is 386. The molecule has 0 aromatic heterocycles. The molecule has 1 unspecified atom stereocenters. The number of halogens is 2. The highest BCUT2D eigenvalue weighted by molar-refractivity contribution is 5.76. The second-order valence-corrected chi connectivity index (χ2v) is 3.87. The number of rotatable bonds is 5. The summed E-state index contributed by atoms with van der Waals surface area (Å²) in [6.45, 7) is 2.14. The van der Waals surface area contributed by atoms with Crippen LogP contribution in [0.2, 0.25) is 0 Å². The largest absolute Gasteiger partial charge is 0.383 e. The molecule has 94 valence electrons. The van der Waals surface area contributed by atoms with Gasteiger partial charge in [0.2, 0.25) is 0 Å². The van der Waals surface area contributed by atoms with Gasteiger partial charge in [-0.25, -0.2) is 8.78 Å². The van der Waals surface area contributed by atoms with Gasteiger partial charge in [0, 0.05) is 25.8 Å². The van der Waals surface area contributed by atoms with E-state index in [1.165, 1.54) is 12.0 Å². The molecule has 1 atom stereocenters. The predicted molar refractivity (Wildman–Crippen MR) is 61.5 cm³/mol. The van der Waals surface area contributed by atoms with Crippen molar-refractivity contribution in [1.82, 2.24) is 0 Å². The molecule has 0 spiro atoms. The zero-order valence-corrected chi connectivity index (χ0v) is 10.0. The lowest BCUT2D eigenvalue weighted by Gasteiger charge is -2.27. The smallest absolute Gasteiger partial charge is 0.150 e. The first-order valence-electron chi connectivity index (χ1n) is 5.17. The third-order valence-electron chi connectivity index (χ3n) is 2.60. The van der Waals surface area contributed by atoms with Gasteiger partial charge in [-0.3, -0.25) is 4.79 Å². The molecule has 0 radical (unpaired) electrons. The minimum Gasteiger partial charge on any atom is -0.383 e. The fourth-order valence-corrected chi connectivity index (χ4v) is 1.56. The molecular formula is C12H15F2NO2. The van der Waals surface area contributed by atoms with E-state index in [9.17, 15) is 13.6 Å². The van der Waals surface area contributed by atoms with Crippen molar-refractivity contribution in [2.45, 2.75) is 13.0 Å². The second kappa shape index (κ2) is 5.72. The molecule has 0 bridgehead atoms. The summed E-state index contributed by atoms with van der Waals surface area (Å²) >= 11 is 0. The molecule has 17 heavy (non-hydrogen) atoms. The summed E-state index contributed by atoms with van der Waals surface area (Å²) in [6, 6.07) is 1.86. The van der Waals surface area contributed by atoms with Gasteiger partial charge in [-0.2, -0.15) is 0 Å². The molecule has 1 rings (SSSR count). The van der Waals surface area contributed by atoms with Crippen LogP contribution < -0.4 is 4.90 Å². The Balaban J connectivity index is 3.09. The molecule has 0 aliphatic carbocycles. The maximum atomic E-state index is 13.7. The first kappa shape index (κ1) is 13.6. The highest BCUT2D eigenvalue weighted by Gasteiger charge is 2.19. The fourth-order valence-electron chi connectivity index (χ4n) is 1.56. The standard InChI is InChI=1S/C12H15F2NO2/c1-8(7-17-3)15(2)12-10(13)4-9(6-16)5-11(12)14/h4-6,8H,7H2,1-3H3. The number of methoxy groups -OCH3 is 1. The van der Waals surface area contributed by atoms with Gasteiger partial charge in [0.05, 0.1) is 6.61 Å². The molecule has 0 aliphatic rings. The Morgan fingerprint density at radius 1 is 1.41 bits per heavy atom. The van der Waals surface area contributed by atoms with Crippen LogP contribution >= 0.6 is 0 Å². The van der Waals surface area contributed by atoms with E-state index in [4.69, 9.17) is 4.74 Å². The lowest BCUT2D eigenvalue weighted by atomic mass is 10.1. The minimum absolute atomic E-state index is 0.0171. The summed E-state index contributed by atoms with van der Waals surface area (Å²) in [5.41, 5.74) is -0.170. The van der Waals surface area contributed by atoms with Crippen molar-refractivity contribution in [3.05, 3.63) is 29.3 Å². The van der Waals surface area contributed by atoms with Crippen LogP contribution in [0.15, 0.2) is 12.1 Å². The topological polar surface area (TPSA) is 29.5 Å². The average Bonchev–Trinajstić information content (AvgIpc) is 2.28. The van der Waals surface area contributed by atoms with Gasteiger partial charge in [0.25, 0.3) is 0 Å². The van der Waals surface area contributed by atoms with E-state index >= 15 is 0 Å². The number of hydrogen-bond acceptors (Lipinski definition) is 3. The zero-order chi connectivity index (χ0) is 13.0. The van der Waals surface area contributed by atoms with Crippen LogP contribution in [0.5, 0.6) is 0 Å². The molecule has 0 heterocycles. The van der Waals surface area contributed by atoms with Gasteiger partial charge < -0.3 is 9.64 Å². The first-order valence-corrected chi connectivity index (χ1v) is 5.17. The van der Waals surface area contributed by atoms with E-state index in [-0.39, 0.29) is 17.3 Å². The third kappa shape index (κ3) is 3.00. The van der Waals surface area contributed by atoms with Gasteiger partial charge >= 0.3 is 0 Å². The molecule has 5 heteroatoms. The van der Waals surface area contributed by atoms with E-state index in [1.807, 2.05) is 0 Å². The monoisotopic (exact) mass is 243 g/mol. The van der Waals surface area contributed by atoms with Crippen molar-refractivity contribution in [2.24, 2.45) is 0 Å². The number of ether oxygens (including phenoxy) is 1. The Hall–Kier alpha value is -1.49. The number of aldehydes is 1. The number of benzene rings is 1. The molecule has 1 aromatic rings. The number of likely N-dealkylation sites (N-methyl/N-ethyl adjacent to an activating group) is 1. The van der Waals surface area contributed by atoms with Crippen LogP contribution in [0.3, 0.4) is 0 Å². The summed E-state index contributed by atoms with van der Waals surface area (Å²) in [6.07, 6.45) is 0.411. The van der Waals surface area contributed by atoms with Gasteiger partial charge in [-0.1, -0.05) is 0 Å². The van der Waals surface area contributed by atoms with Crippen LogP contribution in [0.4, 0.5) is 14.5 Å². The number of nitrogens with zero attached hydrogens (tertiary/aromatic N) is 1. The Labute approximate surface area is 99.0 Å². The summed E-state index contributed by atoms with van der Waals surface area (Å²) in [5, 5.41) is 0. The van der Waals surface area contributed by atoms with E-state index in [2.05, 4.69) is 0 Å². The normalized spacial score (nSPS) is 12.3. The number of carbonyl (C=O) groups excluding carboxylic acids is 1. The van der Waals surface area contributed by atoms with Crippen LogP contribution in [0.25, 0.3) is 0 Å². The van der Waals surface area contributed by atoms with Gasteiger partial charge in [0.1, 0.15) is 23.6 Å². The van der Waals surface area contributed by atoms with Crippen molar-refractivity contribution in [2.75, 3.05) is 25.7 Å². The van der Waals surface area contributed by atoms with Crippen LogP contribution in [-0.2, 0) is 4.74 Å². The maximum Gasteiger partial charge on any atom is 0.150 e. The molecule has 0 fully saturated rings. The summed E-state index contributed by atoms with van der Waals surface area (Å²) in [5.74, 6) is -1.50. The number of carbonyl (C=O) groups is 1. The number of hydrogen-bond donors (Lipinski definition) is 0. The third-order valence-corrected chi connectivity index (χ3v) is 2.60. The van der Waals surface area contributed by atoms with Crippen molar-refractivity contribution in [3.63, 3.8) is 0 Å². The van der Waals surface area contributed by atoms with E-state index < -0.39 is 11.6 Å². The summed E-state index contributed by atoms with van der Waals surface area (Å²) < 4.78 is 32.3. The summed E-state index contributed by atoms with van der Waals surface area (Å²) in [4.78, 5) is 11.9. The van der Waals surface area contributed by atoms with Crippen molar-refractivity contribution >= 4 is 12.0 Å². The average molecular weight is 243 g/mol. The predicted octanol–water partition coefficient (Wildman–Crippen LogP) is 2.25.